The van der Waals surface area contributed by atoms with Gasteiger partial charge in [-0.25, -0.2) is 8.42 Å². The molecule has 0 unspecified atom stereocenters. The number of carbonyl (C=O) groups excluding carboxylic acids is 1. The molecule has 1 fully saturated rings. The van der Waals surface area contributed by atoms with E-state index in [-0.39, 0.29) is 22.0 Å². The van der Waals surface area contributed by atoms with E-state index in [0.717, 1.165) is 22.6 Å². The van der Waals surface area contributed by atoms with Crippen molar-refractivity contribution in [2.75, 3.05) is 20.2 Å². The van der Waals surface area contributed by atoms with Crippen LogP contribution in [-0.4, -0.2) is 38.8 Å². The van der Waals surface area contributed by atoms with Gasteiger partial charge in [-0.3, -0.25) is 4.79 Å². The van der Waals surface area contributed by atoms with Crippen LogP contribution < -0.4 is 10.1 Å². The molecule has 1 aliphatic heterocycles. The summed E-state index contributed by atoms with van der Waals surface area (Å²) in [5.41, 5.74) is 0.922. The molecule has 9 heteroatoms. The highest BCUT2D eigenvalue weighted by Gasteiger charge is 2.34. The Kier molecular flexibility index (Phi) is 7.21. The van der Waals surface area contributed by atoms with Crippen LogP contribution in [0.5, 0.6) is 5.75 Å². The summed E-state index contributed by atoms with van der Waals surface area (Å²) in [7, 11) is -1.91. The van der Waals surface area contributed by atoms with Crippen LogP contribution in [-0.2, 0) is 21.4 Å². The maximum absolute atomic E-state index is 12.7. The number of thiophene rings is 1. The van der Waals surface area contributed by atoms with Gasteiger partial charge in [0.15, 0.2) is 0 Å². The van der Waals surface area contributed by atoms with Crippen molar-refractivity contribution >= 4 is 38.9 Å². The number of benzene rings is 1. The molecule has 6 nitrogen and oxygen atoms in total. The fourth-order valence-corrected chi connectivity index (χ4v) is 6.69. The van der Waals surface area contributed by atoms with Crippen molar-refractivity contribution in [1.82, 2.24) is 9.62 Å². The largest absolute Gasteiger partial charge is 0.496 e. The molecule has 1 aromatic carbocycles. The number of para-hydroxylation sites is 1. The van der Waals surface area contributed by atoms with Crippen LogP contribution in [0.25, 0.3) is 0 Å². The number of amides is 1. The van der Waals surface area contributed by atoms with Crippen LogP contribution >= 0.6 is 22.9 Å². The van der Waals surface area contributed by atoms with Gasteiger partial charge >= 0.3 is 0 Å². The number of hydrogen-bond acceptors (Lipinski definition) is 5. The predicted octanol–water partition coefficient (Wildman–Crippen LogP) is 3.76. The molecule has 1 atom stereocenters. The molecule has 1 saturated heterocycles. The Morgan fingerprint density at radius 1 is 1.28 bits per heavy atom. The standard InChI is InChI=1S/C20H25ClN2O4S2/c1-14(20(24)22-13-16-5-3-4-6-17(16)27-2)15-9-11-23(12-10-15)29(25,26)19-8-7-18(21)28-19/h3-8,14-15H,9-13H2,1-2H3,(H,22,24)/t14-/m1/s1. The molecule has 3 rings (SSSR count). The quantitative estimate of drug-likeness (QED) is 0.688. The summed E-state index contributed by atoms with van der Waals surface area (Å²) in [6.45, 7) is 3.13. The Balaban J connectivity index is 1.54. The lowest BCUT2D eigenvalue weighted by Gasteiger charge is -2.33. The topological polar surface area (TPSA) is 75.7 Å². The average molecular weight is 457 g/mol. The van der Waals surface area contributed by atoms with E-state index in [2.05, 4.69) is 5.32 Å². The maximum Gasteiger partial charge on any atom is 0.252 e. The third kappa shape index (κ3) is 5.12. The zero-order chi connectivity index (χ0) is 21.0. The van der Waals surface area contributed by atoms with E-state index in [9.17, 15) is 13.2 Å². The van der Waals surface area contributed by atoms with E-state index in [4.69, 9.17) is 16.3 Å². The zero-order valence-corrected chi connectivity index (χ0v) is 18.8. The van der Waals surface area contributed by atoms with Gasteiger partial charge in [-0.2, -0.15) is 4.31 Å². The van der Waals surface area contributed by atoms with Crippen molar-refractivity contribution < 1.29 is 17.9 Å². The molecule has 2 aromatic rings. The number of carbonyl (C=O) groups is 1. The summed E-state index contributed by atoms with van der Waals surface area (Å²) < 4.78 is 33.0. The van der Waals surface area contributed by atoms with Crippen LogP contribution in [0.15, 0.2) is 40.6 Å². The van der Waals surface area contributed by atoms with Gasteiger partial charge in [-0.1, -0.05) is 36.7 Å². The van der Waals surface area contributed by atoms with Crippen LogP contribution in [0.4, 0.5) is 0 Å². The minimum atomic E-state index is -3.51. The van der Waals surface area contributed by atoms with E-state index >= 15 is 0 Å². The maximum atomic E-state index is 12.7. The first-order valence-corrected chi connectivity index (χ1v) is 12.1. The first-order valence-electron chi connectivity index (χ1n) is 9.48. The minimum absolute atomic E-state index is 0.0257. The number of piperidine rings is 1. The number of ether oxygens (including phenoxy) is 1. The third-order valence-electron chi connectivity index (χ3n) is 5.41. The highest BCUT2D eigenvalue weighted by molar-refractivity contribution is 7.91. The van der Waals surface area contributed by atoms with Gasteiger partial charge in [-0.05, 0) is 37.0 Å². The zero-order valence-electron chi connectivity index (χ0n) is 16.4. The van der Waals surface area contributed by atoms with E-state index in [1.54, 1.807) is 19.2 Å². The Morgan fingerprint density at radius 2 is 1.97 bits per heavy atom. The van der Waals surface area contributed by atoms with Crippen LogP contribution in [0, 0.1) is 11.8 Å². The summed E-state index contributed by atoms with van der Waals surface area (Å²) in [6, 6.07) is 10.7. The van der Waals surface area contributed by atoms with Crippen molar-refractivity contribution in [2.45, 2.75) is 30.5 Å². The van der Waals surface area contributed by atoms with Gasteiger partial charge in [0.2, 0.25) is 5.91 Å². The molecule has 0 spiro atoms. The Labute approximate surface area is 180 Å². The second-order valence-corrected chi connectivity index (χ2v) is 11.0. The molecule has 1 amide bonds. The Morgan fingerprint density at radius 3 is 2.59 bits per heavy atom. The minimum Gasteiger partial charge on any atom is -0.496 e. The third-order valence-corrected chi connectivity index (χ3v) is 9.00. The second-order valence-electron chi connectivity index (χ2n) is 7.12. The van der Waals surface area contributed by atoms with E-state index in [1.165, 1.54) is 4.31 Å². The summed E-state index contributed by atoms with van der Waals surface area (Å²) in [5, 5.41) is 2.98. The number of rotatable bonds is 7. The molecule has 2 heterocycles. The first kappa shape index (κ1) is 22.1. The molecule has 0 bridgehead atoms. The fourth-order valence-electron chi connectivity index (χ4n) is 3.59. The number of hydrogen-bond donors (Lipinski definition) is 1. The molecule has 0 saturated carbocycles. The van der Waals surface area contributed by atoms with Crippen molar-refractivity contribution in [3.8, 4) is 5.75 Å². The lowest BCUT2D eigenvalue weighted by Crippen LogP contribution is -2.42. The van der Waals surface area contributed by atoms with Crippen molar-refractivity contribution in [2.24, 2.45) is 11.8 Å². The highest BCUT2D eigenvalue weighted by Crippen LogP contribution is 2.32. The van der Waals surface area contributed by atoms with Crippen molar-refractivity contribution in [3.05, 3.63) is 46.3 Å². The Hall–Kier alpha value is -1.61. The SMILES string of the molecule is COc1ccccc1CNC(=O)[C@H](C)C1CCN(S(=O)(=O)c2ccc(Cl)s2)CC1. The number of sulfonamides is 1. The second kappa shape index (κ2) is 9.47. The predicted molar refractivity (Wildman–Crippen MR) is 115 cm³/mol. The fraction of sp³-hybridized carbons (Fsp3) is 0.450. The van der Waals surface area contributed by atoms with Gasteiger partial charge in [0.25, 0.3) is 10.0 Å². The van der Waals surface area contributed by atoms with E-state index in [0.29, 0.717) is 36.8 Å². The number of halogens is 1. The van der Waals surface area contributed by atoms with Crippen LogP contribution in [0.1, 0.15) is 25.3 Å². The normalized spacial score (nSPS) is 17.1. The molecule has 1 N–H and O–H groups in total. The summed E-state index contributed by atoms with van der Waals surface area (Å²) >= 11 is 6.95. The first-order chi connectivity index (χ1) is 13.8. The summed E-state index contributed by atoms with van der Waals surface area (Å²) in [4.78, 5) is 12.6. The average Bonchev–Trinajstić information content (AvgIpc) is 3.19. The van der Waals surface area contributed by atoms with Crippen molar-refractivity contribution in [3.63, 3.8) is 0 Å². The summed E-state index contributed by atoms with van der Waals surface area (Å²) in [6.07, 6.45) is 1.31. The molecular formula is C20H25ClN2O4S2. The van der Waals surface area contributed by atoms with E-state index in [1.807, 2.05) is 31.2 Å². The van der Waals surface area contributed by atoms with Gasteiger partial charge in [0, 0.05) is 31.1 Å². The number of nitrogens with zero attached hydrogens (tertiary/aromatic N) is 1. The highest BCUT2D eigenvalue weighted by atomic mass is 35.5. The monoisotopic (exact) mass is 456 g/mol. The van der Waals surface area contributed by atoms with Crippen molar-refractivity contribution in [1.29, 1.82) is 0 Å². The molecule has 29 heavy (non-hydrogen) atoms. The Bertz CT molecular complexity index is 953. The number of methoxy groups -OCH3 is 1. The van der Waals surface area contributed by atoms with Gasteiger partial charge in [-0.15, -0.1) is 11.3 Å². The molecule has 1 aromatic heterocycles. The molecule has 0 aliphatic carbocycles. The van der Waals surface area contributed by atoms with Gasteiger partial charge < -0.3 is 10.1 Å². The van der Waals surface area contributed by atoms with Gasteiger partial charge in [0.05, 0.1) is 11.4 Å². The lowest BCUT2D eigenvalue weighted by atomic mass is 9.85. The van der Waals surface area contributed by atoms with Crippen LogP contribution in [0.2, 0.25) is 4.34 Å². The van der Waals surface area contributed by atoms with Gasteiger partial charge in [0.1, 0.15) is 9.96 Å². The lowest BCUT2D eigenvalue weighted by molar-refractivity contribution is -0.126. The molecule has 158 valence electrons. The summed E-state index contributed by atoms with van der Waals surface area (Å²) in [5.74, 6) is 0.673. The molecular weight excluding hydrogens is 432 g/mol. The smallest absolute Gasteiger partial charge is 0.252 e. The van der Waals surface area contributed by atoms with Crippen LogP contribution in [0.3, 0.4) is 0 Å². The molecule has 0 radical (unpaired) electrons. The number of nitrogens with one attached hydrogen (secondary N) is 1. The van der Waals surface area contributed by atoms with E-state index < -0.39 is 10.0 Å². The molecule has 1 aliphatic rings.